The zero-order valence-electron chi connectivity index (χ0n) is 12.1. The number of rotatable bonds is 4. The zero-order chi connectivity index (χ0) is 13.8. The third kappa shape index (κ3) is 3.08. The number of hydrogen-bond acceptors (Lipinski definition) is 2. The summed E-state index contributed by atoms with van der Waals surface area (Å²) in [6.45, 7) is 4.23. The van der Waals surface area contributed by atoms with Gasteiger partial charge in [-0.1, -0.05) is 18.2 Å². The number of hydrogen-bond donors (Lipinski definition) is 1. The Kier molecular flexibility index (Phi) is 4.10. The minimum Gasteiger partial charge on any atom is -0.496 e. The van der Waals surface area contributed by atoms with E-state index in [0.29, 0.717) is 0 Å². The van der Waals surface area contributed by atoms with Crippen molar-refractivity contribution in [2.45, 2.75) is 20.3 Å². The van der Waals surface area contributed by atoms with Gasteiger partial charge >= 0.3 is 0 Å². The van der Waals surface area contributed by atoms with Gasteiger partial charge in [-0.3, -0.25) is 0 Å². The summed E-state index contributed by atoms with van der Waals surface area (Å²) >= 11 is 0. The molecule has 1 N–H and O–H groups in total. The molecule has 100 valence electrons. The SMILES string of the molecule is CNc1ccc(Cc2cc(C)c(OC)cc2C)cc1. The van der Waals surface area contributed by atoms with Gasteiger partial charge in [-0.2, -0.15) is 0 Å². The maximum atomic E-state index is 5.35. The van der Waals surface area contributed by atoms with E-state index >= 15 is 0 Å². The summed E-state index contributed by atoms with van der Waals surface area (Å²) in [7, 11) is 3.66. The van der Waals surface area contributed by atoms with Crippen molar-refractivity contribution in [1.29, 1.82) is 0 Å². The van der Waals surface area contributed by atoms with Crippen LogP contribution >= 0.6 is 0 Å². The molecule has 2 nitrogen and oxygen atoms in total. The summed E-state index contributed by atoms with van der Waals surface area (Å²) in [4.78, 5) is 0. The Labute approximate surface area is 115 Å². The highest BCUT2D eigenvalue weighted by Gasteiger charge is 2.05. The summed E-state index contributed by atoms with van der Waals surface area (Å²) in [5.41, 5.74) is 6.30. The molecule has 0 fully saturated rings. The average molecular weight is 255 g/mol. The molecule has 2 aromatic rings. The van der Waals surface area contributed by atoms with E-state index in [9.17, 15) is 0 Å². The van der Waals surface area contributed by atoms with E-state index in [4.69, 9.17) is 4.74 Å². The van der Waals surface area contributed by atoms with Crippen molar-refractivity contribution < 1.29 is 4.74 Å². The Morgan fingerprint density at radius 2 is 1.68 bits per heavy atom. The first-order valence-electron chi connectivity index (χ1n) is 6.55. The average Bonchev–Trinajstić information content (AvgIpc) is 2.43. The van der Waals surface area contributed by atoms with Crippen LogP contribution in [0.25, 0.3) is 0 Å². The highest BCUT2D eigenvalue weighted by molar-refractivity contribution is 5.47. The van der Waals surface area contributed by atoms with Crippen LogP contribution in [0.15, 0.2) is 36.4 Å². The molecule has 0 radical (unpaired) electrons. The molecule has 0 spiro atoms. The molecule has 2 rings (SSSR count). The fourth-order valence-corrected chi connectivity index (χ4v) is 2.27. The number of methoxy groups -OCH3 is 1. The molecule has 0 aliphatic rings. The highest BCUT2D eigenvalue weighted by Crippen LogP contribution is 2.24. The van der Waals surface area contributed by atoms with Gasteiger partial charge in [-0.15, -0.1) is 0 Å². The maximum Gasteiger partial charge on any atom is 0.122 e. The summed E-state index contributed by atoms with van der Waals surface area (Å²) in [5, 5.41) is 3.14. The highest BCUT2D eigenvalue weighted by atomic mass is 16.5. The normalized spacial score (nSPS) is 10.3. The van der Waals surface area contributed by atoms with E-state index in [1.807, 2.05) is 7.05 Å². The quantitative estimate of drug-likeness (QED) is 0.893. The minimum atomic E-state index is 0.959. The van der Waals surface area contributed by atoms with Crippen molar-refractivity contribution in [3.8, 4) is 5.75 Å². The molecular weight excluding hydrogens is 234 g/mol. The van der Waals surface area contributed by atoms with Gasteiger partial charge in [-0.25, -0.2) is 0 Å². The third-order valence-electron chi connectivity index (χ3n) is 3.49. The fraction of sp³-hybridized carbons (Fsp3) is 0.294. The van der Waals surface area contributed by atoms with Crippen molar-refractivity contribution in [2.75, 3.05) is 19.5 Å². The van der Waals surface area contributed by atoms with Gasteiger partial charge in [0.05, 0.1) is 7.11 Å². The molecule has 19 heavy (non-hydrogen) atoms. The third-order valence-corrected chi connectivity index (χ3v) is 3.49. The van der Waals surface area contributed by atoms with Crippen LogP contribution < -0.4 is 10.1 Å². The van der Waals surface area contributed by atoms with Crippen LogP contribution in [0.4, 0.5) is 5.69 Å². The van der Waals surface area contributed by atoms with Crippen LogP contribution in [0, 0.1) is 13.8 Å². The Morgan fingerprint density at radius 1 is 1.00 bits per heavy atom. The molecule has 2 heteroatoms. The molecule has 0 aromatic heterocycles. The van der Waals surface area contributed by atoms with Gasteiger partial charge < -0.3 is 10.1 Å². The van der Waals surface area contributed by atoms with Crippen LogP contribution in [-0.4, -0.2) is 14.2 Å². The minimum absolute atomic E-state index is 0.959. The standard InChI is InChI=1S/C17H21NO/c1-12-10-17(19-4)13(2)9-15(12)11-14-5-7-16(18-3)8-6-14/h5-10,18H,11H2,1-4H3. The van der Waals surface area contributed by atoms with Gasteiger partial charge in [0.25, 0.3) is 0 Å². The number of anilines is 1. The van der Waals surface area contributed by atoms with Gasteiger partial charge in [-0.05, 0) is 60.7 Å². The van der Waals surface area contributed by atoms with Crippen molar-refractivity contribution in [2.24, 2.45) is 0 Å². The Balaban J connectivity index is 2.25. The molecule has 0 bridgehead atoms. The van der Waals surface area contributed by atoms with Crippen molar-refractivity contribution >= 4 is 5.69 Å². The Hall–Kier alpha value is -1.96. The maximum absolute atomic E-state index is 5.35. The fourth-order valence-electron chi connectivity index (χ4n) is 2.27. The van der Waals surface area contributed by atoms with E-state index < -0.39 is 0 Å². The van der Waals surface area contributed by atoms with Crippen molar-refractivity contribution in [3.05, 3.63) is 58.7 Å². The smallest absolute Gasteiger partial charge is 0.122 e. The number of nitrogens with one attached hydrogen (secondary N) is 1. The molecule has 0 aliphatic carbocycles. The predicted molar refractivity (Wildman–Crippen MR) is 81.3 cm³/mol. The Bertz CT molecular complexity index is 558. The van der Waals surface area contributed by atoms with Crippen LogP contribution in [0.1, 0.15) is 22.3 Å². The lowest BCUT2D eigenvalue weighted by Crippen LogP contribution is -1.96. The molecule has 0 saturated carbocycles. The van der Waals surface area contributed by atoms with E-state index in [1.165, 1.54) is 22.3 Å². The summed E-state index contributed by atoms with van der Waals surface area (Å²) in [6, 6.07) is 12.9. The monoisotopic (exact) mass is 255 g/mol. The van der Waals surface area contributed by atoms with Gasteiger partial charge in [0.1, 0.15) is 5.75 Å². The molecule has 0 atom stereocenters. The lowest BCUT2D eigenvalue weighted by atomic mass is 9.98. The van der Waals surface area contributed by atoms with Crippen molar-refractivity contribution in [1.82, 2.24) is 0 Å². The van der Waals surface area contributed by atoms with E-state index in [0.717, 1.165) is 17.9 Å². The Morgan fingerprint density at radius 3 is 2.26 bits per heavy atom. The molecular formula is C17H21NO. The summed E-state index contributed by atoms with van der Waals surface area (Å²) in [6.07, 6.45) is 0.959. The topological polar surface area (TPSA) is 21.3 Å². The molecule has 0 saturated heterocycles. The van der Waals surface area contributed by atoms with Crippen LogP contribution in [0.3, 0.4) is 0 Å². The molecule has 0 amide bonds. The van der Waals surface area contributed by atoms with Gasteiger partial charge in [0.2, 0.25) is 0 Å². The molecule has 0 aliphatic heterocycles. The number of ether oxygens (including phenoxy) is 1. The van der Waals surface area contributed by atoms with Crippen LogP contribution in [0.5, 0.6) is 5.75 Å². The summed E-state index contributed by atoms with van der Waals surface area (Å²) < 4.78 is 5.35. The second-order valence-electron chi connectivity index (χ2n) is 4.87. The number of benzene rings is 2. The van der Waals surface area contributed by atoms with Gasteiger partial charge in [0, 0.05) is 12.7 Å². The molecule has 0 heterocycles. The first-order valence-corrected chi connectivity index (χ1v) is 6.55. The second-order valence-corrected chi connectivity index (χ2v) is 4.87. The first-order chi connectivity index (χ1) is 9.13. The summed E-state index contributed by atoms with van der Waals surface area (Å²) in [5.74, 6) is 0.965. The van der Waals surface area contributed by atoms with Gasteiger partial charge in [0.15, 0.2) is 0 Å². The predicted octanol–water partition coefficient (Wildman–Crippen LogP) is 3.94. The van der Waals surface area contributed by atoms with Crippen LogP contribution in [-0.2, 0) is 6.42 Å². The van der Waals surface area contributed by atoms with Crippen molar-refractivity contribution in [3.63, 3.8) is 0 Å². The lowest BCUT2D eigenvalue weighted by Gasteiger charge is -2.12. The van der Waals surface area contributed by atoms with Crippen LogP contribution in [0.2, 0.25) is 0 Å². The molecule has 2 aromatic carbocycles. The zero-order valence-corrected chi connectivity index (χ0v) is 12.1. The molecule has 0 unspecified atom stereocenters. The number of aryl methyl sites for hydroxylation is 2. The first kappa shape index (κ1) is 13.5. The van der Waals surface area contributed by atoms with E-state index in [-0.39, 0.29) is 0 Å². The lowest BCUT2D eigenvalue weighted by molar-refractivity contribution is 0.411. The van der Waals surface area contributed by atoms with E-state index in [1.54, 1.807) is 7.11 Å². The van der Waals surface area contributed by atoms with E-state index in [2.05, 4.69) is 55.6 Å². The second kappa shape index (κ2) is 5.79. The largest absolute Gasteiger partial charge is 0.496 e.